The maximum atomic E-state index is 10.9. The van der Waals surface area contributed by atoms with Gasteiger partial charge in [0.1, 0.15) is 6.61 Å². The minimum absolute atomic E-state index is 0.0420. The average molecular weight is 171 g/mol. The van der Waals surface area contributed by atoms with Gasteiger partial charge in [0, 0.05) is 12.6 Å². The summed E-state index contributed by atoms with van der Waals surface area (Å²) in [7, 11) is 0. The van der Waals surface area contributed by atoms with E-state index in [2.05, 4.69) is 6.58 Å². The second-order valence-electron chi connectivity index (χ2n) is 3.02. The molecule has 0 saturated carbocycles. The summed E-state index contributed by atoms with van der Waals surface area (Å²) in [5, 5.41) is 0. The third-order valence-corrected chi connectivity index (χ3v) is 1.43. The van der Waals surface area contributed by atoms with Crippen LogP contribution in [0, 0.1) is 0 Å². The van der Waals surface area contributed by atoms with E-state index in [0.29, 0.717) is 12.2 Å². The molecule has 0 aromatic heterocycles. The van der Waals surface area contributed by atoms with E-state index in [4.69, 9.17) is 10.5 Å². The second-order valence-corrected chi connectivity index (χ2v) is 3.02. The first-order valence-corrected chi connectivity index (χ1v) is 4.06. The minimum atomic E-state index is -0.0420. The highest BCUT2D eigenvalue weighted by Gasteiger charge is 2.01. The second kappa shape index (κ2) is 5.91. The SMILES string of the molecule is C=C(C)C(=O)COCCC(C)N. The number of ketones is 1. The average Bonchev–Trinajstić information content (AvgIpc) is 1.97. The van der Waals surface area contributed by atoms with Crippen LogP contribution in [0.5, 0.6) is 0 Å². The van der Waals surface area contributed by atoms with Crippen LogP contribution in [0.2, 0.25) is 0 Å². The number of rotatable bonds is 6. The van der Waals surface area contributed by atoms with Gasteiger partial charge >= 0.3 is 0 Å². The van der Waals surface area contributed by atoms with Crippen molar-refractivity contribution in [3.63, 3.8) is 0 Å². The first-order chi connectivity index (χ1) is 5.54. The van der Waals surface area contributed by atoms with Crippen molar-refractivity contribution in [1.29, 1.82) is 0 Å². The zero-order valence-corrected chi connectivity index (χ0v) is 7.80. The lowest BCUT2D eigenvalue weighted by Crippen LogP contribution is -2.18. The third kappa shape index (κ3) is 6.07. The van der Waals surface area contributed by atoms with E-state index in [1.165, 1.54) is 0 Å². The molecule has 12 heavy (non-hydrogen) atoms. The fourth-order valence-electron chi connectivity index (χ4n) is 0.557. The highest BCUT2D eigenvalue weighted by molar-refractivity contribution is 5.95. The van der Waals surface area contributed by atoms with E-state index in [-0.39, 0.29) is 18.4 Å². The van der Waals surface area contributed by atoms with Crippen molar-refractivity contribution >= 4 is 5.78 Å². The van der Waals surface area contributed by atoms with Crippen LogP contribution < -0.4 is 5.73 Å². The van der Waals surface area contributed by atoms with Gasteiger partial charge in [-0.1, -0.05) is 6.58 Å². The molecule has 0 amide bonds. The Morgan fingerprint density at radius 1 is 1.67 bits per heavy atom. The Bertz CT molecular complexity index is 164. The number of carbonyl (C=O) groups is 1. The first kappa shape index (κ1) is 11.3. The van der Waals surface area contributed by atoms with Gasteiger partial charge in [-0.2, -0.15) is 0 Å². The maximum Gasteiger partial charge on any atom is 0.183 e. The number of carbonyl (C=O) groups excluding carboxylic acids is 1. The Hall–Kier alpha value is -0.670. The fraction of sp³-hybridized carbons (Fsp3) is 0.667. The van der Waals surface area contributed by atoms with Crippen LogP contribution in [-0.2, 0) is 9.53 Å². The first-order valence-electron chi connectivity index (χ1n) is 4.06. The molecule has 70 valence electrons. The van der Waals surface area contributed by atoms with E-state index >= 15 is 0 Å². The molecular formula is C9H17NO2. The van der Waals surface area contributed by atoms with Crippen molar-refractivity contribution in [2.75, 3.05) is 13.2 Å². The number of Topliss-reactive ketones (excluding diaryl/α,β-unsaturated/α-hetero) is 1. The molecule has 0 aliphatic rings. The molecule has 0 aromatic rings. The molecule has 0 heterocycles. The zero-order valence-electron chi connectivity index (χ0n) is 7.80. The largest absolute Gasteiger partial charge is 0.373 e. The molecule has 0 rings (SSSR count). The van der Waals surface area contributed by atoms with Gasteiger partial charge < -0.3 is 10.5 Å². The Kier molecular flexibility index (Phi) is 5.58. The van der Waals surface area contributed by atoms with E-state index in [0.717, 1.165) is 6.42 Å². The lowest BCUT2D eigenvalue weighted by Gasteiger charge is -2.05. The van der Waals surface area contributed by atoms with Crippen LogP contribution >= 0.6 is 0 Å². The Balaban J connectivity index is 3.32. The maximum absolute atomic E-state index is 10.9. The van der Waals surface area contributed by atoms with Crippen molar-refractivity contribution in [3.05, 3.63) is 12.2 Å². The molecule has 3 heteroatoms. The summed E-state index contributed by atoms with van der Waals surface area (Å²) in [4.78, 5) is 10.9. The van der Waals surface area contributed by atoms with Gasteiger partial charge in [-0.05, 0) is 25.8 Å². The van der Waals surface area contributed by atoms with Gasteiger partial charge in [0.15, 0.2) is 5.78 Å². The molecule has 0 saturated heterocycles. The van der Waals surface area contributed by atoms with Crippen LogP contribution in [0.3, 0.4) is 0 Å². The quantitative estimate of drug-likeness (QED) is 0.477. The van der Waals surface area contributed by atoms with E-state index in [9.17, 15) is 4.79 Å². The summed E-state index contributed by atoms with van der Waals surface area (Å²) in [6, 6.07) is 0.130. The number of hydrogen-bond acceptors (Lipinski definition) is 3. The summed E-state index contributed by atoms with van der Waals surface area (Å²) in [6.45, 7) is 7.76. The zero-order chi connectivity index (χ0) is 9.56. The topological polar surface area (TPSA) is 52.3 Å². The molecule has 0 fully saturated rings. The Morgan fingerprint density at radius 3 is 2.67 bits per heavy atom. The molecule has 0 aliphatic heterocycles. The van der Waals surface area contributed by atoms with Gasteiger partial charge in [-0.15, -0.1) is 0 Å². The van der Waals surface area contributed by atoms with Gasteiger partial charge in [0.2, 0.25) is 0 Å². The lowest BCUT2D eigenvalue weighted by atomic mass is 10.2. The van der Waals surface area contributed by atoms with Gasteiger partial charge in [0.05, 0.1) is 0 Å². The molecule has 3 nitrogen and oxygen atoms in total. The summed E-state index contributed by atoms with van der Waals surface area (Å²) >= 11 is 0. The number of ether oxygens (including phenoxy) is 1. The molecule has 2 N–H and O–H groups in total. The highest BCUT2D eigenvalue weighted by Crippen LogP contribution is 1.92. The predicted molar refractivity (Wildman–Crippen MR) is 48.9 cm³/mol. The van der Waals surface area contributed by atoms with Gasteiger partial charge in [-0.3, -0.25) is 4.79 Å². The summed E-state index contributed by atoms with van der Waals surface area (Å²) in [6.07, 6.45) is 0.781. The van der Waals surface area contributed by atoms with E-state index in [1.807, 2.05) is 6.92 Å². The molecule has 1 unspecified atom stereocenters. The molecule has 0 aliphatic carbocycles. The number of hydrogen-bond donors (Lipinski definition) is 1. The summed E-state index contributed by atoms with van der Waals surface area (Å²) in [5.74, 6) is -0.0420. The van der Waals surface area contributed by atoms with Crippen LogP contribution in [0.1, 0.15) is 20.3 Å². The summed E-state index contributed by atoms with van der Waals surface area (Å²) in [5.41, 5.74) is 6.02. The van der Waals surface area contributed by atoms with E-state index < -0.39 is 0 Å². The van der Waals surface area contributed by atoms with Crippen molar-refractivity contribution in [1.82, 2.24) is 0 Å². The predicted octanol–water partition coefficient (Wildman–Crippen LogP) is 0.886. The minimum Gasteiger partial charge on any atom is -0.373 e. The van der Waals surface area contributed by atoms with Gasteiger partial charge in [-0.25, -0.2) is 0 Å². The molecule has 0 aromatic carbocycles. The van der Waals surface area contributed by atoms with E-state index in [1.54, 1.807) is 6.92 Å². The summed E-state index contributed by atoms with van der Waals surface area (Å²) < 4.78 is 5.08. The van der Waals surface area contributed by atoms with Crippen LogP contribution in [0.25, 0.3) is 0 Å². The van der Waals surface area contributed by atoms with Crippen LogP contribution in [0.4, 0.5) is 0 Å². The van der Waals surface area contributed by atoms with Crippen molar-refractivity contribution in [2.45, 2.75) is 26.3 Å². The highest BCUT2D eigenvalue weighted by atomic mass is 16.5. The monoisotopic (exact) mass is 171 g/mol. The van der Waals surface area contributed by atoms with Crippen molar-refractivity contribution in [2.24, 2.45) is 5.73 Å². The smallest absolute Gasteiger partial charge is 0.183 e. The van der Waals surface area contributed by atoms with Crippen molar-refractivity contribution < 1.29 is 9.53 Å². The van der Waals surface area contributed by atoms with Crippen LogP contribution in [0.15, 0.2) is 12.2 Å². The normalized spacial score (nSPS) is 12.6. The lowest BCUT2D eigenvalue weighted by molar-refractivity contribution is -0.119. The molecular weight excluding hydrogens is 154 g/mol. The van der Waals surface area contributed by atoms with Crippen molar-refractivity contribution in [3.8, 4) is 0 Å². The standard InChI is InChI=1S/C9H17NO2/c1-7(2)9(11)6-12-5-4-8(3)10/h8H,1,4-6,10H2,2-3H3. The third-order valence-electron chi connectivity index (χ3n) is 1.43. The Labute approximate surface area is 73.6 Å². The number of nitrogens with two attached hydrogens (primary N) is 1. The molecule has 0 bridgehead atoms. The Morgan fingerprint density at radius 2 is 2.25 bits per heavy atom. The molecule has 0 spiro atoms. The van der Waals surface area contributed by atoms with Crippen LogP contribution in [-0.4, -0.2) is 25.0 Å². The fourth-order valence-corrected chi connectivity index (χ4v) is 0.557. The molecule has 1 atom stereocenters. The molecule has 0 radical (unpaired) electrons. The van der Waals surface area contributed by atoms with Gasteiger partial charge in [0.25, 0.3) is 0 Å².